The van der Waals surface area contributed by atoms with E-state index in [-0.39, 0.29) is 17.5 Å². The minimum atomic E-state index is -0.956. The number of aryl methyl sites for hydroxylation is 2. The molecule has 0 aliphatic heterocycles. The second-order valence-electron chi connectivity index (χ2n) is 5.42. The first-order chi connectivity index (χ1) is 10.6. The molecule has 0 saturated carbocycles. The Morgan fingerprint density at radius 1 is 1.32 bits per heavy atom. The lowest BCUT2D eigenvalue weighted by atomic mass is 10.0. The molecule has 0 radical (unpaired) electrons. The molecule has 5 heteroatoms. The maximum Gasteiger partial charge on any atom is 0.335 e. The molecule has 5 nitrogen and oxygen atoms in total. The zero-order valence-corrected chi connectivity index (χ0v) is 12.2. The Morgan fingerprint density at radius 2 is 2.14 bits per heavy atom. The van der Waals surface area contributed by atoms with E-state index in [1.807, 2.05) is 6.07 Å². The van der Waals surface area contributed by atoms with E-state index in [9.17, 15) is 9.59 Å². The van der Waals surface area contributed by atoms with Crippen molar-refractivity contribution in [1.29, 1.82) is 0 Å². The third-order valence-corrected chi connectivity index (χ3v) is 4.03. The molecule has 22 heavy (non-hydrogen) atoms. The molecule has 0 fully saturated rings. The van der Waals surface area contributed by atoms with Crippen molar-refractivity contribution in [3.8, 4) is 0 Å². The molecule has 3 rings (SSSR count). The van der Waals surface area contributed by atoms with Gasteiger partial charge in [0.2, 0.25) is 0 Å². The summed E-state index contributed by atoms with van der Waals surface area (Å²) in [6.45, 7) is 1.79. The van der Waals surface area contributed by atoms with Crippen LogP contribution in [-0.2, 0) is 6.42 Å². The number of carbonyl (C=O) groups excluding carboxylic acids is 1. The number of aromatic nitrogens is 1. The Morgan fingerprint density at radius 3 is 2.86 bits per heavy atom. The third-order valence-electron chi connectivity index (χ3n) is 4.03. The fraction of sp³-hybridized carbons (Fsp3) is 0.235. The van der Waals surface area contributed by atoms with E-state index >= 15 is 0 Å². The summed E-state index contributed by atoms with van der Waals surface area (Å²) in [6, 6.07) is 8.41. The summed E-state index contributed by atoms with van der Waals surface area (Å²) in [5.41, 5.74) is 3.47. The van der Waals surface area contributed by atoms with E-state index in [0.29, 0.717) is 11.3 Å². The number of hydrogen-bond donors (Lipinski definition) is 2. The highest BCUT2D eigenvalue weighted by Gasteiger charge is 2.25. The number of hydrogen-bond acceptors (Lipinski definition) is 3. The van der Waals surface area contributed by atoms with Crippen LogP contribution >= 0.6 is 0 Å². The van der Waals surface area contributed by atoms with Crippen LogP contribution in [0, 0.1) is 6.92 Å². The lowest BCUT2D eigenvalue weighted by Gasteiger charge is -2.15. The van der Waals surface area contributed by atoms with Crippen LogP contribution in [0.15, 0.2) is 36.5 Å². The minimum Gasteiger partial charge on any atom is -0.478 e. The van der Waals surface area contributed by atoms with E-state index in [1.54, 1.807) is 37.4 Å². The van der Waals surface area contributed by atoms with Gasteiger partial charge < -0.3 is 10.4 Å². The quantitative estimate of drug-likeness (QED) is 0.912. The molecule has 1 aliphatic carbocycles. The largest absolute Gasteiger partial charge is 0.478 e. The van der Waals surface area contributed by atoms with Crippen molar-refractivity contribution < 1.29 is 14.7 Å². The van der Waals surface area contributed by atoms with Gasteiger partial charge in [0.1, 0.15) is 0 Å². The van der Waals surface area contributed by atoms with Gasteiger partial charge in [-0.1, -0.05) is 6.07 Å². The average molecular weight is 296 g/mol. The van der Waals surface area contributed by atoms with Crippen LogP contribution in [0.4, 0.5) is 0 Å². The van der Waals surface area contributed by atoms with Crippen LogP contribution < -0.4 is 5.32 Å². The highest BCUT2D eigenvalue weighted by Crippen LogP contribution is 2.32. The molecular weight excluding hydrogens is 280 g/mol. The minimum absolute atomic E-state index is 0.151. The number of carboxylic acid groups (broad SMARTS) is 1. The van der Waals surface area contributed by atoms with Crippen molar-refractivity contribution in [3.05, 3.63) is 64.5 Å². The van der Waals surface area contributed by atoms with E-state index in [0.717, 1.165) is 24.0 Å². The Balaban J connectivity index is 1.84. The summed E-state index contributed by atoms with van der Waals surface area (Å²) in [5.74, 6) is -1.13. The van der Waals surface area contributed by atoms with Crippen molar-refractivity contribution in [2.24, 2.45) is 0 Å². The Bertz CT molecular complexity index is 755. The summed E-state index contributed by atoms with van der Waals surface area (Å²) in [6.07, 6.45) is 3.27. The number of benzene rings is 1. The lowest BCUT2D eigenvalue weighted by Crippen LogP contribution is -2.28. The molecule has 1 aromatic heterocycles. The molecule has 0 saturated heterocycles. The summed E-state index contributed by atoms with van der Waals surface area (Å²) >= 11 is 0. The van der Waals surface area contributed by atoms with Crippen LogP contribution in [0.3, 0.4) is 0 Å². The number of carbonyl (C=O) groups is 2. The van der Waals surface area contributed by atoms with Gasteiger partial charge in [0, 0.05) is 11.9 Å². The van der Waals surface area contributed by atoms with Crippen LogP contribution in [0.1, 0.15) is 50.0 Å². The molecule has 112 valence electrons. The normalized spacial score (nSPS) is 16.1. The van der Waals surface area contributed by atoms with Gasteiger partial charge in [0.15, 0.2) is 0 Å². The number of fused-ring (bicyclic) bond motifs is 1. The molecule has 2 aromatic rings. The van der Waals surface area contributed by atoms with Crippen LogP contribution in [0.25, 0.3) is 0 Å². The van der Waals surface area contributed by atoms with Crippen molar-refractivity contribution in [2.75, 3.05) is 0 Å². The molecule has 1 aromatic carbocycles. The standard InChI is InChI=1S/C17H16N2O3/c1-10-13(3-2-8-18-10)16(20)19-15-7-6-11-4-5-12(17(21)22)9-14(11)15/h2-5,8-9,15H,6-7H2,1H3,(H,19,20)(H,21,22). The second kappa shape index (κ2) is 5.60. The number of amides is 1. The zero-order chi connectivity index (χ0) is 15.7. The molecule has 1 aliphatic rings. The van der Waals surface area contributed by atoms with E-state index < -0.39 is 5.97 Å². The molecule has 1 atom stereocenters. The number of nitrogens with one attached hydrogen (secondary N) is 1. The van der Waals surface area contributed by atoms with E-state index in [2.05, 4.69) is 10.3 Å². The van der Waals surface area contributed by atoms with Crippen molar-refractivity contribution in [3.63, 3.8) is 0 Å². The van der Waals surface area contributed by atoms with Crippen LogP contribution in [0.2, 0.25) is 0 Å². The summed E-state index contributed by atoms with van der Waals surface area (Å²) in [7, 11) is 0. The summed E-state index contributed by atoms with van der Waals surface area (Å²) in [5, 5.41) is 12.1. The number of nitrogens with zero attached hydrogens (tertiary/aromatic N) is 1. The monoisotopic (exact) mass is 296 g/mol. The van der Waals surface area contributed by atoms with Gasteiger partial charge in [0.05, 0.1) is 17.2 Å². The van der Waals surface area contributed by atoms with Crippen molar-refractivity contribution in [2.45, 2.75) is 25.8 Å². The van der Waals surface area contributed by atoms with E-state index in [1.165, 1.54) is 0 Å². The van der Waals surface area contributed by atoms with Crippen LogP contribution in [0.5, 0.6) is 0 Å². The van der Waals surface area contributed by atoms with Gasteiger partial charge in [-0.05, 0) is 55.2 Å². The smallest absolute Gasteiger partial charge is 0.335 e. The van der Waals surface area contributed by atoms with Gasteiger partial charge in [-0.25, -0.2) is 4.79 Å². The maximum atomic E-state index is 12.4. The third kappa shape index (κ3) is 2.57. The predicted octanol–water partition coefficient (Wildman–Crippen LogP) is 2.51. The molecular formula is C17H16N2O3. The second-order valence-corrected chi connectivity index (χ2v) is 5.42. The van der Waals surface area contributed by atoms with Crippen molar-refractivity contribution in [1.82, 2.24) is 10.3 Å². The van der Waals surface area contributed by atoms with Gasteiger partial charge in [0.25, 0.3) is 5.91 Å². The Kier molecular flexibility index (Phi) is 3.63. The average Bonchev–Trinajstić information content (AvgIpc) is 2.90. The lowest BCUT2D eigenvalue weighted by molar-refractivity contribution is 0.0696. The Hall–Kier alpha value is -2.69. The Labute approximate surface area is 128 Å². The van der Waals surface area contributed by atoms with E-state index in [4.69, 9.17) is 5.11 Å². The van der Waals surface area contributed by atoms with Crippen LogP contribution in [-0.4, -0.2) is 22.0 Å². The molecule has 1 heterocycles. The molecule has 1 unspecified atom stereocenters. The molecule has 1 amide bonds. The number of rotatable bonds is 3. The first-order valence-electron chi connectivity index (χ1n) is 7.15. The fourth-order valence-corrected chi connectivity index (χ4v) is 2.85. The summed E-state index contributed by atoms with van der Waals surface area (Å²) < 4.78 is 0. The summed E-state index contributed by atoms with van der Waals surface area (Å²) in [4.78, 5) is 27.6. The first kappa shape index (κ1) is 14.3. The number of aromatic carboxylic acids is 1. The molecule has 0 spiro atoms. The predicted molar refractivity (Wildman–Crippen MR) is 80.9 cm³/mol. The highest BCUT2D eigenvalue weighted by atomic mass is 16.4. The number of pyridine rings is 1. The van der Waals surface area contributed by atoms with Gasteiger partial charge in [-0.15, -0.1) is 0 Å². The van der Waals surface area contributed by atoms with Gasteiger partial charge in [-0.2, -0.15) is 0 Å². The highest BCUT2D eigenvalue weighted by molar-refractivity contribution is 5.95. The van der Waals surface area contributed by atoms with Gasteiger partial charge >= 0.3 is 5.97 Å². The first-order valence-corrected chi connectivity index (χ1v) is 7.15. The molecule has 2 N–H and O–H groups in total. The zero-order valence-electron chi connectivity index (χ0n) is 12.2. The number of carboxylic acids is 1. The molecule has 0 bridgehead atoms. The maximum absolute atomic E-state index is 12.4. The SMILES string of the molecule is Cc1ncccc1C(=O)NC1CCc2ccc(C(=O)O)cc21. The fourth-order valence-electron chi connectivity index (χ4n) is 2.85. The van der Waals surface area contributed by atoms with Gasteiger partial charge in [-0.3, -0.25) is 9.78 Å². The topological polar surface area (TPSA) is 79.3 Å². The van der Waals surface area contributed by atoms with Crippen molar-refractivity contribution >= 4 is 11.9 Å².